The maximum absolute atomic E-state index is 13.6. The molecule has 0 radical (unpaired) electrons. The minimum absolute atomic E-state index is 0.172. The van der Waals surface area contributed by atoms with E-state index in [1.165, 1.54) is 28.9 Å². The van der Waals surface area contributed by atoms with Crippen LogP contribution in [0.4, 0.5) is 8.78 Å². The molecule has 0 fully saturated rings. The minimum atomic E-state index is -0.711. The summed E-state index contributed by atoms with van der Waals surface area (Å²) in [6.45, 7) is 1.61. The lowest BCUT2D eigenvalue weighted by Crippen LogP contribution is -2.22. The van der Waals surface area contributed by atoms with E-state index in [-0.39, 0.29) is 17.7 Å². The summed E-state index contributed by atoms with van der Waals surface area (Å²) < 4.78 is 34.1. The van der Waals surface area contributed by atoms with E-state index >= 15 is 0 Å². The molecule has 0 bridgehead atoms. The topological polar surface area (TPSA) is 81.9 Å². The van der Waals surface area contributed by atoms with E-state index in [1.54, 1.807) is 12.4 Å². The molecule has 1 N–H and O–H groups in total. The van der Waals surface area contributed by atoms with Gasteiger partial charge in [0.2, 0.25) is 0 Å². The molecule has 0 aliphatic heterocycles. The molecule has 0 unspecified atom stereocenters. The molecule has 0 atom stereocenters. The van der Waals surface area contributed by atoms with Gasteiger partial charge in [0, 0.05) is 23.3 Å². The number of aromatic nitrogens is 4. The first-order valence-electron chi connectivity index (χ1n) is 10.8. The molecule has 0 saturated carbocycles. The number of hydrogen-bond donors (Lipinski definition) is 1. The highest BCUT2D eigenvalue weighted by molar-refractivity contribution is 5.58. The van der Waals surface area contributed by atoms with Crippen LogP contribution in [0.3, 0.4) is 0 Å². The molecule has 7 nitrogen and oxygen atoms in total. The normalized spacial score (nSPS) is 10.9. The number of ether oxygens (including phenoxy) is 1. The SMILES string of the molecule is CNCCCOc1cnc(-c2cccc(Cn3nc(-c4cc(F)cc(F)c4)ccc3=O)c2)nc1. The summed E-state index contributed by atoms with van der Waals surface area (Å²) in [4.78, 5) is 21.1. The zero-order chi connectivity index (χ0) is 23.9. The zero-order valence-electron chi connectivity index (χ0n) is 18.5. The minimum Gasteiger partial charge on any atom is -0.490 e. The lowest BCUT2D eigenvalue weighted by molar-refractivity contribution is 0.307. The third-order valence-corrected chi connectivity index (χ3v) is 5.01. The molecule has 2 heterocycles. The highest BCUT2D eigenvalue weighted by Gasteiger charge is 2.09. The quantitative estimate of drug-likeness (QED) is 0.382. The van der Waals surface area contributed by atoms with Crippen LogP contribution in [0.5, 0.6) is 5.75 Å². The average molecular weight is 463 g/mol. The number of rotatable bonds is 9. The van der Waals surface area contributed by atoms with E-state index < -0.39 is 11.6 Å². The van der Waals surface area contributed by atoms with E-state index in [2.05, 4.69) is 20.4 Å². The maximum Gasteiger partial charge on any atom is 0.267 e. The Bertz CT molecular complexity index is 1310. The van der Waals surface area contributed by atoms with E-state index in [9.17, 15) is 13.6 Å². The molecule has 2 aromatic heterocycles. The van der Waals surface area contributed by atoms with Crippen molar-refractivity contribution in [2.45, 2.75) is 13.0 Å². The fraction of sp³-hybridized carbons (Fsp3) is 0.200. The molecule has 9 heteroatoms. The van der Waals surface area contributed by atoms with Crippen molar-refractivity contribution >= 4 is 0 Å². The first kappa shape index (κ1) is 23.2. The molecule has 4 rings (SSSR count). The summed E-state index contributed by atoms with van der Waals surface area (Å²) in [5, 5.41) is 7.35. The summed E-state index contributed by atoms with van der Waals surface area (Å²) in [5.74, 6) is -0.306. The smallest absolute Gasteiger partial charge is 0.267 e. The van der Waals surface area contributed by atoms with Gasteiger partial charge < -0.3 is 10.1 Å². The van der Waals surface area contributed by atoms with Gasteiger partial charge in [-0.3, -0.25) is 4.79 Å². The number of nitrogens with one attached hydrogen (secondary N) is 1. The van der Waals surface area contributed by atoms with Crippen LogP contribution in [0.1, 0.15) is 12.0 Å². The van der Waals surface area contributed by atoms with Crippen LogP contribution >= 0.6 is 0 Å². The van der Waals surface area contributed by atoms with Gasteiger partial charge in [0.1, 0.15) is 11.6 Å². The van der Waals surface area contributed by atoms with Gasteiger partial charge in [-0.1, -0.05) is 18.2 Å². The van der Waals surface area contributed by atoms with Gasteiger partial charge in [-0.15, -0.1) is 0 Å². The molecule has 2 aromatic carbocycles. The molecule has 174 valence electrons. The lowest BCUT2D eigenvalue weighted by Gasteiger charge is -2.09. The molecule has 0 aliphatic rings. The van der Waals surface area contributed by atoms with Gasteiger partial charge in [-0.2, -0.15) is 5.10 Å². The largest absolute Gasteiger partial charge is 0.490 e. The molecular weight excluding hydrogens is 440 g/mol. The fourth-order valence-electron chi connectivity index (χ4n) is 3.38. The molecule has 0 amide bonds. The Hall–Kier alpha value is -3.98. The third kappa shape index (κ3) is 5.87. The summed E-state index contributed by atoms with van der Waals surface area (Å²) in [6, 6.07) is 13.3. The van der Waals surface area contributed by atoms with Crippen molar-refractivity contribution in [1.29, 1.82) is 0 Å². The standard InChI is InChI=1S/C25H23F2N5O2/c1-28-8-3-9-34-22-14-29-25(30-15-22)18-5-2-4-17(10-18)16-32-24(33)7-6-23(31-32)19-11-20(26)13-21(27)12-19/h2,4-7,10-15,28H,3,8-9,16H2,1H3. The molecule has 4 aromatic rings. The van der Waals surface area contributed by atoms with Crippen LogP contribution in [-0.4, -0.2) is 39.9 Å². The van der Waals surface area contributed by atoms with Crippen molar-refractivity contribution < 1.29 is 13.5 Å². The molecular formula is C25H23F2N5O2. The van der Waals surface area contributed by atoms with Crippen molar-refractivity contribution in [2.75, 3.05) is 20.2 Å². The fourth-order valence-corrected chi connectivity index (χ4v) is 3.38. The highest BCUT2D eigenvalue weighted by atomic mass is 19.1. The predicted octanol–water partition coefficient (Wildman–Crippen LogP) is 3.68. The van der Waals surface area contributed by atoms with Crippen molar-refractivity contribution in [1.82, 2.24) is 25.1 Å². The summed E-state index contributed by atoms with van der Waals surface area (Å²) in [6.07, 6.45) is 4.13. The van der Waals surface area contributed by atoms with Gasteiger partial charge >= 0.3 is 0 Å². The van der Waals surface area contributed by atoms with Crippen LogP contribution < -0.4 is 15.6 Å². The van der Waals surface area contributed by atoms with Crippen LogP contribution in [-0.2, 0) is 6.54 Å². The Morgan fingerprint density at radius 1 is 0.971 bits per heavy atom. The van der Waals surface area contributed by atoms with E-state index in [1.807, 2.05) is 31.3 Å². The second-order valence-corrected chi connectivity index (χ2v) is 7.62. The number of benzene rings is 2. The van der Waals surface area contributed by atoms with Gasteiger partial charge in [-0.05, 0) is 49.8 Å². The zero-order valence-corrected chi connectivity index (χ0v) is 18.5. The van der Waals surface area contributed by atoms with Crippen molar-refractivity contribution in [2.24, 2.45) is 0 Å². The van der Waals surface area contributed by atoms with Crippen molar-refractivity contribution in [3.8, 4) is 28.4 Å². The van der Waals surface area contributed by atoms with Crippen molar-refractivity contribution in [3.63, 3.8) is 0 Å². The van der Waals surface area contributed by atoms with Gasteiger partial charge in [-0.25, -0.2) is 23.4 Å². The van der Waals surface area contributed by atoms with Crippen LogP contribution in [0.2, 0.25) is 0 Å². The van der Waals surface area contributed by atoms with E-state index in [0.717, 1.165) is 30.2 Å². The second-order valence-electron chi connectivity index (χ2n) is 7.62. The lowest BCUT2D eigenvalue weighted by atomic mass is 10.1. The van der Waals surface area contributed by atoms with Gasteiger partial charge in [0.15, 0.2) is 11.6 Å². The van der Waals surface area contributed by atoms with Crippen molar-refractivity contribution in [3.05, 3.63) is 94.5 Å². The van der Waals surface area contributed by atoms with Gasteiger partial charge in [0.25, 0.3) is 5.56 Å². The number of halogens is 2. The molecule has 0 spiro atoms. The van der Waals surface area contributed by atoms with Crippen LogP contribution in [0, 0.1) is 11.6 Å². The summed E-state index contributed by atoms with van der Waals surface area (Å²) in [5.41, 5.74) is 1.79. The summed E-state index contributed by atoms with van der Waals surface area (Å²) >= 11 is 0. The molecule has 0 aliphatic carbocycles. The molecule has 34 heavy (non-hydrogen) atoms. The Morgan fingerprint density at radius 3 is 2.47 bits per heavy atom. The van der Waals surface area contributed by atoms with E-state index in [0.29, 0.717) is 23.9 Å². The monoisotopic (exact) mass is 463 g/mol. The first-order chi connectivity index (χ1) is 16.5. The summed E-state index contributed by atoms with van der Waals surface area (Å²) in [7, 11) is 1.89. The van der Waals surface area contributed by atoms with Gasteiger partial charge in [0.05, 0.1) is 31.2 Å². The Balaban J connectivity index is 1.52. The predicted molar refractivity (Wildman–Crippen MR) is 124 cm³/mol. The van der Waals surface area contributed by atoms with Crippen LogP contribution in [0.25, 0.3) is 22.6 Å². The first-order valence-corrected chi connectivity index (χ1v) is 10.8. The Kier molecular flexibility index (Phi) is 7.34. The average Bonchev–Trinajstić information content (AvgIpc) is 2.83. The highest BCUT2D eigenvalue weighted by Crippen LogP contribution is 2.20. The number of nitrogens with zero attached hydrogens (tertiary/aromatic N) is 4. The second kappa shape index (κ2) is 10.8. The number of hydrogen-bond acceptors (Lipinski definition) is 6. The van der Waals surface area contributed by atoms with E-state index in [4.69, 9.17) is 4.74 Å². The Labute approximate surface area is 195 Å². The maximum atomic E-state index is 13.6. The van der Waals surface area contributed by atoms with Crippen LogP contribution in [0.15, 0.2) is 71.8 Å². The third-order valence-electron chi connectivity index (χ3n) is 5.01. The molecule has 0 saturated heterocycles. The Morgan fingerprint density at radius 2 is 1.74 bits per heavy atom.